The van der Waals surface area contributed by atoms with E-state index in [9.17, 15) is 4.79 Å². The predicted octanol–water partition coefficient (Wildman–Crippen LogP) is 1.51. The molecule has 2 aliphatic heterocycles. The van der Waals surface area contributed by atoms with E-state index in [1.165, 1.54) is 5.56 Å². The summed E-state index contributed by atoms with van der Waals surface area (Å²) in [7, 11) is 0. The van der Waals surface area contributed by atoms with Crippen molar-refractivity contribution < 1.29 is 4.79 Å². The van der Waals surface area contributed by atoms with Gasteiger partial charge in [0.05, 0.1) is 0 Å². The van der Waals surface area contributed by atoms with Crippen molar-refractivity contribution in [3.05, 3.63) is 35.4 Å². The number of hydrogen-bond donors (Lipinski definition) is 1. The predicted molar refractivity (Wildman–Crippen MR) is 66.0 cm³/mol. The molecule has 0 radical (unpaired) electrons. The Hall–Kier alpha value is -1.35. The fraction of sp³-hybridized carbons (Fsp3) is 0.500. The normalized spacial score (nSPS) is 26.9. The van der Waals surface area contributed by atoms with Gasteiger partial charge in [0, 0.05) is 25.6 Å². The highest BCUT2D eigenvalue weighted by Crippen LogP contribution is 2.40. The van der Waals surface area contributed by atoms with Crippen LogP contribution in [0, 0.1) is 11.8 Å². The lowest BCUT2D eigenvalue weighted by Crippen LogP contribution is -2.52. The van der Waals surface area contributed by atoms with Gasteiger partial charge < -0.3 is 10.6 Å². The van der Waals surface area contributed by atoms with Crippen LogP contribution in [-0.2, 0) is 17.9 Å². The first-order valence-corrected chi connectivity index (χ1v) is 6.33. The van der Waals surface area contributed by atoms with Gasteiger partial charge in [-0.1, -0.05) is 24.3 Å². The minimum atomic E-state index is 0.331. The summed E-state index contributed by atoms with van der Waals surface area (Å²) in [4.78, 5) is 14.0. The Kier molecular flexibility index (Phi) is 2.63. The molecule has 0 aromatic heterocycles. The van der Waals surface area contributed by atoms with Crippen molar-refractivity contribution in [1.82, 2.24) is 4.90 Å². The number of piperidine rings is 2. The van der Waals surface area contributed by atoms with E-state index in [0.717, 1.165) is 37.4 Å². The summed E-state index contributed by atoms with van der Waals surface area (Å²) in [5, 5.41) is 0. The maximum atomic E-state index is 12.0. The minimum Gasteiger partial charge on any atom is -0.338 e. The highest BCUT2D eigenvalue weighted by Gasteiger charge is 2.43. The molecule has 1 aliphatic carbocycles. The van der Waals surface area contributed by atoms with Crippen molar-refractivity contribution in [1.29, 1.82) is 0 Å². The lowest BCUT2D eigenvalue weighted by atomic mass is 9.70. The van der Waals surface area contributed by atoms with Crippen LogP contribution in [0.15, 0.2) is 24.3 Å². The van der Waals surface area contributed by atoms with Crippen LogP contribution >= 0.6 is 0 Å². The molecule has 0 atom stereocenters. The van der Waals surface area contributed by atoms with Crippen LogP contribution in [-0.4, -0.2) is 17.4 Å². The summed E-state index contributed by atoms with van der Waals surface area (Å²) in [6.45, 7) is 2.29. The van der Waals surface area contributed by atoms with Gasteiger partial charge in [0.25, 0.3) is 0 Å². The van der Waals surface area contributed by atoms with Gasteiger partial charge in [-0.25, -0.2) is 0 Å². The lowest BCUT2D eigenvalue weighted by Gasteiger charge is -2.46. The standard InChI is InChI=1S/C14H18N2O/c15-7-10-1-3-11(4-2-10)8-16-9-12-5-13(6-12)14(16)17/h1-4,12-13H,5-9,15H2. The van der Waals surface area contributed by atoms with Crippen molar-refractivity contribution in [2.45, 2.75) is 25.9 Å². The number of amides is 1. The van der Waals surface area contributed by atoms with Crippen LogP contribution in [0.3, 0.4) is 0 Å². The maximum Gasteiger partial charge on any atom is 0.226 e. The van der Waals surface area contributed by atoms with Gasteiger partial charge in [-0.05, 0) is 29.9 Å². The van der Waals surface area contributed by atoms with Crippen LogP contribution in [0.5, 0.6) is 0 Å². The zero-order valence-corrected chi connectivity index (χ0v) is 9.93. The molecule has 1 amide bonds. The summed E-state index contributed by atoms with van der Waals surface area (Å²) in [6.07, 6.45) is 2.25. The van der Waals surface area contributed by atoms with Crippen molar-refractivity contribution in [2.75, 3.05) is 6.54 Å². The van der Waals surface area contributed by atoms with E-state index in [1.54, 1.807) is 0 Å². The van der Waals surface area contributed by atoms with Crippen molar-refractivity contribution in [2.24, 2.45) is 17.6 Å². The first-order chi connectivity index (χ1) is 8.26. The summed E-state index contributed by atoms with van der Waals surface area (Å²) >= 11 is 0. The Morgan fingerprint density at radius 2 is 1.82 bits per heavy atom. The Labute approximate surface area is 102 Å². The van der Waals surface area contributed by atoms with E-state index in [1.807, 2.05) is 17.0 Å². The van der Waals surface area contributed by atoms with Crippen LogP contribution in [0.2, 0.25) is 0 Å². The highest BCUT2D eigenvalue weighted by atomic mass is 16.2. The zero-order chi connectivity index (χ0) is 11.8. The minimum absolute atomic E-state index is 0.331. The summed E-state index contributed by atoms with van der Waals surface area (Å²) in [5.74, 6) is 1.45. The molecular weight excluding hydrogens is 212 g/mol. The second-order valence-electron chi connectivity index (χ2n) is 5.27. The zero-order valence-electron chi connectivity index (χ0n) is 9.93. The molecule has 3 fully saturated rings. The number of rotatable bonds is 3. The van der Waals surface area contributed by atoms with Gasteiger partial charge in [0.15, 0.2) is 0 Å². The third kappa shape index (κ3) is 1.95. The first-order valence-electron chi connectivity index (χ1n) is 6.33. The Morgan fingerprint density at radius 3 is 2.41 bits per heavy atom. The molecule has 4 rings (SSSR count). The molecule has 2 N–H and O–H groups in total. The number of nitrogens with zero attached hydrogens (tertiary/aromatic N) is 1. The molecule has 0 spiro atoms. The van der Waals surface area contributed by atoms with E-state index >= 15 is 0 Å². The van der Waals surface area contributed by atoms with E-state index < -0.39 is 0 Å². The van der Waals surface area contributed by atoms with Crippen LogP contribution in [0.25, 0.3) is 0 Å². The van der Waals surface area contributed by atoms with Gasteiger partial charge in [0.1, 0.15) is 0 Å². The largest absolute Gasteiger partial charge is 0.338 e. The molecule has 1 aromatic rings. The molecule has 3 nitrogen and oxygen atoms in total. The van der Waals surface area contributed by atoms with Gasteiger partial charge in [-0.3, -0.25) is 4.79 Å². The molecule has 1 saturated carbocycles. The fourth-order valence-corrected chi connectivity index (χ4v) is 2.89. The lowest BCUT2D eigenvalue weighted by molar-refractivity contribution is -0.149. The van der Waals surface area contributed by atoms with Crippen molar-refractivity contribution >= 4 is 5.91 Å². The second-order valence-corrected chi connectivity index (χ2v) is 5.27. The van der Waals surface area contributed by atoms with E-state index in [4.69, 9.17) is 5.73 Å². The van der Waals surface area contributed by atoms with Gasteiger partial charge >= 0.3 is 0 Å². The molecule has 2 saturated heterocycles. The average molecular weight is 230 g/mol. The monoisotopic (exact) mass is 230 g/mol. The Bertz CT molecular complexity index is 420. The second kappa shape index (κ2) is 4.15. The molecule has 0 unspecified atom stereocenters. The average Bonchev–Trinajstić information content (AvgIpc) is 2.31. The molecule has 3 heteroatoms. The van der Waals surface area contributed by atoms with Gasteiger partial charge in [-0.2, -0.15) is 0 Å². The number of carbonyl (C=O) groups excluding carboxylic acids is 1. The number of benzene rings is 1. The molecular formula is C14H18N2O. The molecule has 1 aromatic carbocycles. The molecule has 2 heterocycles. The third-order valence-corrected chi connectivity index (χ3v) is 4.01. The maximum absolute atomic E-state index is 12.0. The number of nitrogens with two attached hydrogens (primary N) is 1. The van der Waals surface area contributed by atoms with E-state index in [0.29, 0.717) is 18.4 Å². The summed E-state index contributed by atoms with van der Waals surface area (Å²) in [6, 6.07) is 8.25. The van der Waals surface area contributed by atoms with Crippen LogP contribution < -0.4 is 5.73 Å². The molecule has 90 valence electrons. The number of fused-ring (bicyclic) bond motifs is 2. The van der Waals surface area contributed by atoms with Crippen LogP contribution in [0.1, 0.15) is 24.0 Å². The SMILES string of the molecule is NCc1ccc(CN2CC3CC(C3)C2=O)cc1. The smallest absolute Gasteiger partial charge is 0.226 e. The first kappa shape index (κ1) is 10.8. The third-order valence-electron chi connectivity index (χ3n) is 4.01. The van der Waals surface area contributed by atoms with Gasteiger partial charge in [-0.15, -0.1) is 0 Å². The van der Waals surface area contributed by atoms with Crippen molar-refractivity contribution in [3.8, 4) is 0 Å². The van der Waals surface area contributed by atoms with E-state index in [2.05, 4.69) is 12.1 Å². The Morgan fingerprint density at radius 1 is 1.18 bits per heavy atom. The Balaban J connectivity index is 1.67. The molecule has 17 heavy (non-hydrogen) atoms. The summed E-state index contributed by atoms with van der Waals surface area (Å²) in [5.41, 5.74) is 7.91. The number of hydrogen-bond acceptors (Lipinski definition) is 2. The summed E-state index contributed by atoms with van der Waals surface area (Å²) < 4.78 is 0. The van der Waals surface area contributed by atoms with E-state index in [-0.39, 0.29) is 0 Å². The van der Waals surface area contributed by atoms with Gasteiger partial charge in [0.2, 0.25) is 5.91 Å². The fourth-order valence-electron chi connectivity index (χ4n) is 2.89. The van der Waals surface area contributed by atoms with Crippen LogP contribution in [0.4, 0.5) is 0 Å². The molecule has 3 aliphatic rings. The number of carbonyl (C=O) groups is 1. The molecule has 2 bridgehead atoms. The highest BCUT2D eigenvalue weighted by molar-refractivity contribution is 5.81. The van der Waals surface area contributed by atoms with Crippen molar-refractivity contribution in [3.63, 3.8) is 0 Å². The quantitative estimate of drug-likeness (QED) is 0.855. The topological polar surface area (TPSA) is 46.3 Å².